The number of aliphatic carboxylic acids is 2. The zero-order valence-corrected chi connectivity index (χ0v) is 7.64. The van der Waals surface area contributed by atoms with E-state index in [4.69, 9.17) is 10.2 Å². The van der Waals surface area contributed by atoms with Crippen LogP contribution in [0.15, 0.2) is 0 Å². The van der Waals surface area contributed by atoms with Gasteiger partial charge in [-0.2, -0.15) is 0 Å². The molecule has 0 aromatic rings. The summed E-state index contributed by atoms with van der Waals surface area (Å²) >= 11 is 0. The fraction of sp³-hybridized carbons (Fsp3) is 0.778. The molecule has 2 aliphatic rings. The van der Waals surface area contributed by atoms with Crippen molar-refractivity contribution >= 4 is 11.9 Å². The van der Waals surface area contributed by atoms with E-state index in [1.54, 1.807) is 0 Å². The number of nitrogens with one attached hydrogen (secondary N) is 1. The van der Waals surface area contributed by atoms with Crippen LogP contribution in [0.2, 0.25) is 0 Å². The molecule has 1 aliphatic heterocycles. The number of hydrogen-bond acceptors (Lipinski definition) is 3. The van der Waals surface area contributed by atoms with Gasteiger partial charge in [-0.1, -0.05) is 0 Å². The van der Waals surface area contributed by atoms with Gasteiger partial charge in [0.25, 0.3) is 0 Å². The van der Waals surface area contributed by atoms with Gasteiger partial charge >= 0.3 is 11.9 Å². The average molecular weight is 199 g/mol. The van der Waals surface area contributed by atoms with Gasteiger partial charge in [0.2, 0.25) is 0 Å². The van der Waals surface area contributed by atoms with Crippen molar-refractivity contribution in [1.29, 1.82) is 0 Å². The van der Waals surface area contributed by atoms with Gasteiger partial charge in [-0.25, -0.2) is 0 Å². The maximum absolute atomic E-state index is 10.8. The predicted molar refractivity (Wildman–Crippen MR) is 46.8 cm³/mol. The molecular weight excluding hydrogens is 186 g/mol. The molecule has 0 unspecified atom stereocenters. The normalized spacial score (nSPS) is 40.9. The summed E-state index contributed by atoms with van der Waals surface area (Å²) in [7, 11) is 0. The number of carboxylic acid groups (broad SMARTS) is 2. The highest BCUT2D eigenvalue weighted by molar-refractivity contribution is 5.75. The van der Waals surface area contributed by atoms with Crippen LogP contribution in [0.1, 0.15) is 12.8 Å². The first-order valence-electron chi connectivity index (χ1n) is 4.78. The minimum atomic E-state index is -0.858. The number of carbonyl (C=O) groups is 2. The monoisotopic (exact) mass is 199 g/mol. The van der Waals surface area contributed by atoms with Crippen LogP contribution in [0.3, 0.4) is 0 Å². The van der Waals surface area contributed by atoms with Crippen molar-refractivity contribution in [3.05, 3.63) is 0 Å². The fourth-order valence-electron chi connectivity index (χ4n) is 2.70. The largest absolute Gasteiger partial charge is 0.481 e. The number of fused-ring (bicyclic) bond motifs is 1. The second-order valence-corrected chi connectivity index (χ2v) is 4.15. The van der Waals surface area contributed by atoms with E-state index in [0.29, 0.717) is 19.4 Å². The average Bonchev–Trinajstić information content (AvgIpc) is 2.58. The molecule has 1 aliphatic carbocycles. The van der Waals surface area contributed by atoms with Crippen LogP contribution in [0.4, 0.5) is 0 Å². The van der Waals surface area contributed by atoms with E-state index in [1.807, 2.05) is 0 Å². The first kappa shape index (κ1) is 9.45. The standard InChI is InChI=1S/C9H13NO4/c11-8(12)4-1-5-3-10-7(9(13)14)6(5)2-4/h4-7,10H,1-3H2,(H,11,12)(H,13,14)/t4-,5-,6-,7-/m0/s1. The van der Waals surface area contributed by atoms with Crippen LogP contribution >= 0.6 is 0 Å². The van der Waals surface area contributed by atoms with E-state index < -0.39 is 18.0 Å². The highest BCUT2D eigenvalue weighted by Gasteiger charge is 2.47. The fourth-order valence-corrected chi connectivity index (χ4v) is 2.70. The van der Waals surface area contributed by atoms with Gasteiger partial charge in [0.1, 0.15) is 6.04 Å². The van der Waals surface area contributed by atoms with Crippen LogP contribution < -0.4 is 5.32 Å². The second-order valence-electron chi connectivity index (χ2n) is 4.15. The quantitative estimate of drug-likeness (QED) is 0.572. The Labute approximate surface area is 81.1 Å². The van der Waals surface area contributed by atoms with Crippen LogP contribution in [-0.2, 0) is 9.59 Å². The van der Waals surface area contributed by atoms with E-state index >= 15 is 0 Å². The van der Waals surface area contributed by atoms with Crippen molar-refractivity contribution in [2.75, 3.05) is 6.54 Å². The Morgan fingerprint density at radius 3 is 2.43 bits per heavy atom. The minimum Gasteiger partial charge on any atom is -0.481 e. The Kier molecular flexibility index (Phi) is 2.19. The first-order valence-corrected chi connectivity index (χ1v) is 4.78. The summed E-state index contributed by atoms with van der Waals surface area (Å²) in [5.74, 6) is -1.74. The SMILES string of the molecule is O=C(O)[C@H]1C[C@H]2CN[C@H](C(=O)O)[C@H]2C1. The minimum absolute atomic E-state index is 0.00796. The van der Waals surface area contributed by atoms with Gasteiger partial charge < -0.3 is 15.5 Å². The third kappa shape index (κ3) is 1.37. The van der Waals surface area contributed by atoms with Gasteiger partial charge in [0.05, 0.1) is 5.92 Å². The van der Waals surface area contributed by atoms with Crippen molar-refractivity contribution < 1.29 is 19.8 Å². The van der Waals surface area contributed by atoms with Crippen molar-refractivity contribution in [1.82, 2.24) is 5.32 Å². The third-order valence-electron chi connectivity index (χ3n) is 3.39. The van der Waals surface area contributed by atoms with Gasteiger partial charge in [-0.15, -0.1) is 0 Å². The molecule has 3 N–H and O–H groups in total. The Balaban J connectivity index is 2.06. The zero-order valence-electron chi connectivity index (χ0n) is 7.64. The van der Waals surface area contributed by atoms with Crippen LogP contribution in [0.25, 0.3) is 0 Å². The molecule has 1 heterocycles. The third-order valence-corrected chi connectivity index (χ3v) is 3.39. The van der Waals surface area contributed by atoms with E-state index in [-0.39, 0.29) is 17.8 Å². The summed E-state index contributed by atoms with van der Waals surface area (Å²) in [6, 6.07) is -0.538. The Morgan fingerprint density at radius 1 is 1.14 bits per heavy atom. The molecule has 0 aromatic heterocycles. The summed E-state index contributed by atoms with van der Waals surface area (Å²) in [6.45, 7) is 0.644. The summed E-state index contributed by atoms with van der Waals surface area (Å²) in [6.07, 6.45) is 1.13. The molecular formula is C9H13NO4. The lowest BCUT2D eigenvalue weighted by Gasteiger charge is -2.13. The lowest BCUT2D eigenvalue weighted by atomic mass is 9.94. The number of carboxylic acids is 2. The molecule has 1 saturated heterocycles. The highest BCUT2D eigenvalue weighted by Crippen LogP contribution is 2.41. The summed E-state index contributed by atoms with van der Waals surface area (Å²) < 4.78 is 0. The lowest BCUT2D eigenvalue weighted by molar-refractivity contribution is -0.143. The van der Waals surface area contributed by atoms with Crippen LogP contribution in [0.5, 0.6) is 0 Å². The van der Waals surface area contributed by atoms with E-state index in [2.05, 4.69) is 5.32 Å². The number of hydrogen-bond donors (Lipinski definition) is 3. The maximum atomic E-state index is 10.8. The van der Waals surface area contributed by atoms with Crippen molar-refractivity contribution in [3.63, 3.8) is 0 Å². The van der Waals surface area contributed by atoms with Crippen molar-refractivity contribution in [2.24, 2.45) is 17.8 Å². The van der Waals surface area contributed by atoms with Gasteiger partial charge in [-0.3, -0.25) is 9.59 Å². The molecule has 0 aromatic carbocycles. The van der Waals surface area contributed by atoms with Crippen LogP contribution in [-0.4, -0.2) is 34.7 Å². The molecule has 5 heteroatoms. The Morgan fingerprint density at radius 2 is 1.86 bits per heavy atom. The van der Waals surface area contributed by atoms with Crippen LogP contribution in [0, 0.1) is 17.8 Å². The maximum Gasteiger partial charge on any atom is 0.320 e. The van der Waals surface area contributed by atoms with Gasteiger partial charge in [0.15, 0.2) is 0 Å². The van der Waals surface area contributed by atoms with Gasteiger partial charge in [0, 0.05) is 0 Å². The molecule has 0 spiro atoms. The zero-order chi connectivity index (χ0) is 10.3. The van der Waals surface area contributed by atoms with Crippen molar-refractivity contribution in [3.8, 4) is 0 Å². The molecule has 0 bridgehead atoms. The summed E-state index contributed by atoms with van der Waals surface area (Å²) in [5.41, 5.74) is 0. The summed E-state index contributed by atoms with van der Waals surface area (Å²) in [4.78, 5) is 21.6. The first-order chi connectivity index (χ1) is 6.59. The molecule has 0 amide bonds. The molecule has 0 radical (unpaired) electrons. The van der Waals surface area contributed by atoms with E-state index in [0.717, 1.165) is 0 Å². The number of rotatable bonds is 2. The predicted octanol–water partition coefficient (Wildman–Crippen LogP) is -0.230. The molecule has 1 saturated carbocycles. The molecule has 2 rings (SSSR count). The van der Waals surface area contributed by atoms with Crippen molar-refractivity contribution in [2.45, 2.75) is 18.9 Å². The smallest absolute Gasteiger partial charge is 0.320 e. The molecule has 78 valence electrons. The Bertz CT molecular complexity index is 278. The molecule has 5 nitrogen and oxygen atoms in total. The second kappa shape index (κ2) is 3.24. The molecule has 14 heavy (non-hydrogen) atoms. The van der Waals surface area contributed by atoms with E-state index in [1.165, 1.54) is 0 Å². The highest BCUT2D eigenvalue weighted by atomic mass is 16.4. The van der Waals surface area contributed by atoms with Gasteiger partial charge in [-0.05, 0) is 31.2 Å². The lowest BCUT2D eigenvalue weighted by Crippen LogP contribution is -2.35. The summed E-state index contributed by atoms with van der Waals surface area (Å²) in [5, 5.41) is 20.6. The van der Waals surface area contributed by atoms with E-state index in [9.17, 15) is 9.59 Å². The Hall–Kier alpha value is -1.10. The molecule has 2 fully saturated rings. The molecule has 4 atom stereocenters. The topological polar surface area (TPSA) is 86.6 Å².